The third-order valence-electron chi connectivity index (χ3n) is 4.23. The predicted molar refractivity (Wildman–Crippen MR) is 80.4 cm³/mol. The summed E-state index contributed by atoms with van der Waals surface area (Å²) in [5, 5.41) is 21.1. The van der Waals surface area contributed by atoms with E-state index in [9.17, 15) is 15.2 Å². The van der Waals surface area contributed by atoms with Crippen LogP contribution in [0.2, 0.25) is 0 Å². The van der Waals surface area contributed by atoms with Gasteiger partial charge in [-0.2, -0.15) is 0 Å². The van der Waals surface area contributed by atoms with Crippen LogP contribution in [-0.2, 0) is 0 Å². The van der Waals surface area contributed by atoms with Crippen LogP contribution in [0, 0.1) is 16.0 Å². The van der Waals surface area contributed by atoms with Crippen molar-refractivity contribution in [2.24, 2.45) is 5.92 Å². The van der Waals surface area contributed by atoms with E-state index in [1.165, 1.54) is 12.1 Å². The molecule has 1 aromatic carbocycles. The molecule has 6 heteroatoms. The lowest BCUT2D eigenvalue weighted by atomic mass is 10.0. The van der Waals surface area contributed by atoms with Gasteiger partial charge in [0, 0.05) is 24.1 Å². The molecular formula is C15H17N3O3. The summed E-state index contributed by atoms with van der Waals surface area (Å²) in [4.78, 5) is 17.1. The van der Waals surface area contributed by atoms with Crippen LogP contribution in [0.25, 0.3) is 10.9 Å². The third-order valence-corrected chi connectivity index (χ3v) is 4.23. The lowest BCUT2D eigenvalue weighted by Crippen LogP contribution is -2.35. The molecule has 110 valence electrons. The Labute approximate surface area is 122 Å². The number of rotatable bonds is 3. The van der Waals surface area contributed by atoms with E-state index >= 15 is 0 Å². The Kier molecular flexibility index (Phi) is 3.47. The second-order valence-corrected chi connectivity index (χ2v) is 5.51. The molecule has 0 saturated carbocycles. The average Bonchev–Trinajstić information content (AvgIpc) is 2.86. The molecule has 6 nitrogen and oxygen atoms in total. The maximum absolute atomic E-state index is 10.8. The smallest absolute Gasteiger partial charge is 0.270 e. The highest BCUT2D eigenvalue weighted by molar-refractivity contribution is 5.82. The highest BCUT2D eigenvalue weighted by Gasteiger charge is 2.31. The molecule has 2 atom stereocenters. The first kappa shape index (κ1) is 13.8. The Morgan fingerprint density at radius 2 is 2.24 bits per heavy atom. The van der Waals surface area contributed by atoms with Gasteiger partial charge in [0.15, 0.2) is 0 Å². The van der Waals surface area contributed by atoms with E-state index < -0.39 is 4.92 Å². The van der Waals surface area contributed by atoms with Crippen LogP contribution in [0.5, 0.6) is 0 Å². The topological polar surface area (TPSA) is 79.5 Å². The van der Waals surface area contributed by atoms with Gasteiger partial charge in [-0.05, 0) is 30.5 Å². The maximum atomic E-state index is 10.8. The van der Waals surface area contributed by atoms with Gasteiger partial charge in [0.2, 0.25) is 0 Å². The Bertz CT molecular complexity index is 689. The number of hydrogen-bond acceptors (Lipinski definition) is 5. The Balaban J connectivity index is 1.98. The molecule has 1 aliphatic heterocycles. The number of nitro benzene ring substituents is 1. The van der Waals surface area contributed by atoms with Crippen LogP contribution in [-0.4, -0.2) is 34.2 Å². The zero-order valence-electron chi connectivity index (χ0n) is 11.8. The van der Waals surface area contributed by atoms with Crippen molar-refractivity contribution in [3.63, 3.8) is 0 Å². The van der Waals surface area contributed by atoms with Crippen LogP contribution >= 0.6 is 0 Å². The lowest BCUT2D eigenvalue weighted by Gasteiger charge is -2.26. The minimum absolute atomic E-state index is 0.0695. The molecule has 0 amide bonds. The van der Waals surface area contributed by atoms with Crippen LogP contribution < -0.4 is 4.90 Å². The van der Waals surface area contributed by atoms with Gasteiger partial charge in [0.25, 0.3) is 5.69 Å². The first-order chi connectivity index (χ1) is 10.1. The summed E-state index contributed by atoms with van der Waals surface area (Å²) >= 11 is 0. The molecule has 1 aromatic heterocycles. The van der Waals surface area contributed by atoms with Gasteiger partial charge in [-0.25, -0.2) is 4.98 Å². The van der Waals surface area contributed by atoms with Crippen LogP contribution in [0.15, 0.2) is 30.3 Å². The minimum Gasteiger partial charge on any atom is -0.394 e. The zero-order valence-corrected chi connectivity index (χ0v) is 11.8. The van der Waals surface area contributed by atoms with Crippen molar-refractivity contribution in [3.05, 3.63) is 40.4 Å². The Morgan fingerprint density at radius 3 is 2.95 bits per heavy atom. The van der Waals surface area contributed by atoms with Gasteiger partial charge in [-0.1, -0.05) is 6.92 Å². The summed E-state index contributed by atoms with van der Waals surface area (Å²) in [6.07, 6.45) is 1.03. The molecule has 0 radical (unpaired) electrons. The summed E-state index contributed by atoms with van der Waals surface area (Å²) in [6.45, 7) is 3.12. The number of pyridine rings is 1. The van der Waals surface area contributed by atoms with Crippen LogP contribution in [0.1, 0.15) is 13.3 Å². The molecule has 1 aliphatic rings. The summed E-state index contributed by atoms with van der Waals surface area (Å²) in [5.41, 5.74) is 0.800. The highest BCUT2D eigenvalue weighted by Crippen LogP contribution is 2.30. The quantitative estimate of drug-likeness (QED) is 0.692. The molecule has 1 saturated heterocycles. The van der Waals surface area contributed by atoms with Crippen molar-refractivity contribution in [2.45, 2.75) is 19.4 Å². The van der Waals surface area contributed by atoms with Crippen molar-refractivity contribution in [3.8, 4) is 0 Å². The molecule has 2 unspecified atom stereocenters. The van der Waals surface area contributed by atoms with Gasteiger partial charge in [0.1, 0.15) is 5.82 Å². The number of aliphatic hydroxyl groups is 1. The van der Waals surface area contributed by atoms with Crippen molar-refractivity contribution in [2.75, 3.05) is 18.1 Å². The van der Waals surface area contributed by atoms with E-state index in [2.05, 4.69) is 16.8 Å². The molecule has 0 bridgehead atoms. The van der Waals surface area contributed by atoms with E-state index in [4.69, 9.17) is 0 Å². The molecule has 2 aromatic rings. The second kappa shape index (κ2) is 5.29. The van der Waals surface area contributed by atoms with E-state index in [-0.39, 0.29) is 18.3 Å². The van der Waals surface area contributed by atoms with Gasteiger partial charge in [-0.3, -0.25) is 10.1 Å². The largest absolute Gasteiger partial charge is 0.394 e. The molecule has 3 rings (SSSR count). The van der Waals surface area contributed by atoms with Gasteiger partial charge in [0.05, 0.1) is 23.1 Å². The number of nitro groups is 1. The van der Waals surface area contributed by atoms with Crippen LogP contribution in [0.3, 0.4) is 0 Å². The number of nitrogens with zero attached hydrogens (tertiary/aromatic N) is 3. The fraction of sp³-hybridized carbons (Fsp3) is 0.400. The molecule has 0 aliphatic carbocycles. The second-order valence-electron chi connectivity index (χ2n) is 5.51. The fourth-order valence-corrected chi connectivity index (χ4v) is 2.95. The maximum Gasteiger partial charge on any atom is 0.270 e. The fourth-order valence-electron chi connectivity index (χ4n) is 2.95. The number of non-ortho nitro benzene ring substituents is 1. The monoisotopic (exact) mass is 287 g/mol. The number of hydrogen-bond donors (Lipinski definition) is 1. The first-order valence-electron chi connectivity index (χ1n) is 7.03. The van der Waals surface area contributed by atoms with E-state index in [0.29, 0.717) is 5.92 Å². The average molecular weight is 287 g/mol. The summed E-state index contributed by atoms with van der Waals surface area (Å²) in [6, 6.07) is 8.48. The van der Waals surface area contributed by atoms with E-state index in [0.717, 1.165) is 29.7 Å². The zero-order chi connectivity index (χ0) is 15.0. The number of benzene rings is 1. The first-order valence-corrected chi connectivity index (χ1v) is 7.03. The Hall–Kier alpha value is -2.21. The van der Waals surface area contributed by atoms with Crippen molar-refractivity contribution >= 4 is 22.4 Å². The summed E-state index contributed by atoms with van der Waals surface area (Å²) in [5.74, 6) is 1.25. The summed E-state index contributed by atoms with van der Waals surface area (Å²) in [7, 11) is 0. The van der Waals surface area contributed by atoms with E-state index in [1.807, 2.05) is 12.1 Å². The molecular weight excluding hydrogens is 270 g/mol. The normalized spacial score (nSPS) is 21.9. The molecule has 2 heterocycles. The third kappa shape index (κ3) is 2.42. The van der Waals surface area contributed by atoms with Gasteiger partial charge in [-0.15, -0.1) is 0 Å². The van der Waals surface area contributed by atoms with Crippen molar-refractivity contribution < 1.29 is 10.0 Å². The number of anilines is 1. The number of aliphatic hydroxyl groups excluding tert-OH is 1. The predicted octanol–water partition coefficient (Wildman–Crippen LogP) is 2.35. The molecule has 1 N–H and O–H groups in total. The number of aromatic nitrogens is 1. The highest BCUT2D eigenvalue weighted by atomic mass is 16.6. The van der Waals surface area contributed by atoms with Crippen molar-refractivity contribution in [1.29, 1.82) is 0 Å². The SMILES string of the molecule is CC1CCN(c2ccc3cc([N+](=O)[O-])ccc3n2)C1CO. The van der Waals surface area contributed by atoms with Gasteiger partial charge < -0.3 is 10.0 Å². The van der Waals surface area contributed by atoms with Crippen LogP contribution in [0.4, 0.5) is 11.5 Å². The lowest BCUT2D eigenvalue weighted by molar-refractivity contribution is -0.384. The van der Waals surface area contributed by atoms with Crippen molar-refractivity contribution in [1.82, 2.24) is 4.98 Å². The molecule has 21 heavy (non-hydrogen) atoms. The summed E-state index contributed by atoms with van der Waals surface area (Å²) < 4.78 is 0. The minimum atomic E-state index is -0.405. The number of fused-ring (bicyclic) bond motifs is 1. The van der Waals surface area contributed by atoms with E-state index in [1.54, 1.807) is 6.07 Å². The standard InChI is InChI=1S/C15H17N3O3/c1-10-6-7-17(14(10)9-19)15-5-2-11-8-12(18(20)21)3-4-13(11)16-15/h2-5,8,10,14,19H,6-7,9H2,1H3. The Morgan fingerprint density at radius 1 is 1.43 bits per heavy atom. The molecule has 1 fully saturated rings. The van der Waals surface area contributed by atoms with Gasteiger partial charge >= 0.3 is 0 Å². The molecule has 0 spiro atoms.